The summed E-state index contributed by atoms with van der Waals surface area (Å²) in [4.78, 5) is 13.3. The fourth-order valence-corrected chi connectivity index (χ4v) is 2.04. The summed E-state index contributed by atoms with van der Waals surface area (Å²) in [5, 5.41) is 10.00. The lowest BCUT2D eigenvalue weighted by Crippen LogP contribution is -2.38. The minimum Gasteiger partial charge on any atom is -0.387 e. The molecule has 0 aromatic heterocycles. The summed E-state index contributed by atoms with van der Waals surface area (Å²) in [6.45, 7) is 1.20. The van der Waals surface area contributed by atoms with Crippen molar-refractivity contribution in [3.8, 4) is 0 Å². The first-order chi connectivity index (χ1) is 7.77. The van der Waals surface area contributed by atoms with Gasteiger partial charge in [-0.2, -0.15) is 0 Å². The molecule has 1 atom stereocenters. The third kappa shape index (κ3) is 2.61. The van der Waals surface area contributed by atoms with Crippen molar-refractivity contribution in [2.45, 2.75) is 25.4 Å². The topological polar surface area (TPSA) is 40.5 Å². The van der Waals surface area contributed by atoms with Crippen LogP contribution in [0.25, 0.3) is 0 Å². The maximum absolute atomic E-state index is 11.6. The third-order valence-corrected chi connectivity index (χ3v) is 3.00. The number of aliphatic hydroxyl groups is 1. The second kappa shape index (κ2) is 5.12. The molecule has 0 spiro atoms. The molecule has 1 aromatic rings. The molecule has 0 bridgehead atoms. The fraction of sp³-hybridized carbons (Fsp3) is 0.462. The third-order valence-electron chi connectivity index (χ3n) is 3.00. The lowest BCUT2D eigenvalue weighted by Gasteiger charge is -2.28. The van der Waals surface area contributed by atoms with Crippen molar-refractivity contribution >= 4 is 5.91 Å². The number of amides is 1. The van der Waals surface area contributed by atoms with E-state index >= 15 is 0 Å². The van der Waals surface area contributed by atoms with Crippen molar-refractivity contribution in [1.29, 1.82) is 0 Å². The Morgan fingerprint density at radius 2 is 2.00 bits per heavy atom. The number of piperidine rings is 1. The molecule has 1 fully saturated rings. The van der Waals surface area contributed by atoms with Crippen LogP contribution in [0.2, 0.25) is 0 Å². The largest absolute Gasteiger partial charge is 0.387 e. The Balaban J connectivity index is 1.96. The number of likely N-dealkylation sites (tertiary alicyclic amines) is 1. The van der Waals surface area contributed by atoms with Gasteiger partial charge in [0.05, 0.1) is 12.6 Å². The fourth-order valence-electron chi connectivity index (χ4n) is 2.04. The Kier molecular flexibility index (Phi) is 3.57. The molecule has 86 valence electrons. The molecule has 16 heavy (non-hydrogen) atoms. The van der Waals surface area contributed by atoms with Crippen LogP contribution >= 0.6 is 0 Å². The molecule has 1 aliphatic rings. The van der Waals surface area contributed by atoms with E-state index in [2.05, 4.69) is 0 Å². The molecule has 1 aliphatic heterocycles. The zero-order valence-corrected chi connectivity index (χ0v) is 9.30. The van der Waals surface area contributed by atoms with E-state index in [1.807, 2.05) is 30.3 Å². The van der Waals surface area contributed by atoms with Crippen molar-refractivity contribution in [3.05, 3.63) is 35.9 Å². The molecule has 1 saturated heterocycles. The maximum atomic E-state index is 11.6. The molecular formula is C13H17NO2. The van der Waals surface area contributed by atoms with Gasteiger partial charge in [-0.05, 0) is 18.4 Å². The Morgan fingerprint density at radius 3 is 2.69 bits per heavy atom. The monoisotopic (exact) mass is 219 g/mol. The van der Waals surface area contributed by atoms with Gasteiger partial charge in [0.25, 0.3) is 0 Å². The summed E-state index contributed by atoms with van der Waals surface area (Å²) in [6.07, 6.45) is 2.09. The second-order valence-corrected chi connectivity index (χ2v) is 4.22. The van der Waals surface area contributed by atoms with Gasteiger partial charge in [-0.1, -0.05) is 30.3 Å². The van der Waals surface area contributed by atoms with E-state index in [1.165, 1.54) is 0 Å². The zero-order valence-electron chi connectivity index (χ0n) is 9.30. The number of aliphatic hydroxyl groups excluding tert-OH is 1. The number of rotatable bonds is 3. The second-order valence-electron chi connectivity index (χ2n) is 4.22. The molecule has 1 heterocycles. The van der Waals surface area contributed by atoms with Crippen LogP contribution in [-0.2, 0) is 4.79 Å². The lowest BCUT2D eigenvalue weighted by molar-refractivity contribution is -0.134. The quantitative estimate of drug-likeness (QED) is 0.841. The highest BCUT2D eigenvalue weighted by Gasteiger charge is 2.21. The predicted octanol–water partition coefficient (Wildman–Crippen LogP) is 1.73. The number of benzene rings is 1. The highest BCUT2D eigenvalue weighted by molar-refractivity contribution is 5.76. The molecule has 0 saturated carbocycles. The molecule has 0 radical (unpaired) electrons. The van der Waals surface area contributed by atoms with Crippen LogP contribution in [0.15, 0.2) is 30.3 Å². The number of nitrogens with zero attached hydrogens (tertiary/aromatic N) is 1. The summed E-state index contributed by atoms with van der Waals surface area (Å²) in [5.41, 5.74) is 0.876. The van der Waals surface area contributed by atoms with Gasteiger partial charge in [0, 0.05) is 13.0 Å². The average Bonchev–Trinajstić information content (AvgIpc) is 2.33. The lowest BCUT2D eigenvalue weighted by atomic mass is 10.1. The summed E-state index contributed by atoms with van der Waals surface area (Å²) < 4.78 is 0. The van der Waals surface area contributed by atoms with E-state index in [0.717, 1.165) is 24.9 Å². The molecule has 3 heteroatoms. The van der Waals surface area contributed by atoms with Gasteiger partial charge in [-0.25, -0.2) is 0 Å². The summed E-state index contributed by atoms with van der Waals surface area (Å²) >= 11 is 0. The van der Waals surface area contributed by atoms with Gasteiger partial charge < -0.3 is 10.0 Å². The van der Waals surface area contributed by atoms with Crippen molar-refractivity contribution in [2.24, 2.45) is 0 Å². The van der Waals surface area contributed by atoms with E-state index in [-0.39, 0.29) is 5.91 Å². The van der Waals surface area contributed by atoms with Gasteiger partial charge in [0.15, 0.2) is 0 Å². The Labute approximate surface area is 95.7 Å². The van der Waals surface area contributed by atoms with E-state index in [4.69, 9.17) is 0 Å². The Hall–Kier alpha value is -1.35. The molecule has 1 N–H and O–H groups in total. The number of hydrogen-bond donors (Lipinski definition) is 1. The van der Waals surface area contributed by atoms with E-state index in [1.54, 1.807) is 4.90 Å². The number of carbonyl (C=O) groups is 1. The summed E-state index contributed by atoms with van der Waals surface area (Å²) in [5.74, 6) is 0.168. The summed E-state index contributed by atoms with van der Waals surface area (Å²) in [7, 11) is 0. The highest BCUT2D eigenvalue weighted by Crippen LogP contribution is 2.17. The van der Waals surface area contributed by atoms with Gasteiger partial charge in [-0.3, -0.25) is 4.79 Å². The van der Waals surface area contributed by atoms with E-state index < -0.39 is 6.10 Å². The zero-order chi connectivity index (χ0) is 11.4. The first-order valence-electron chi connectivity index (χ1n) is 5.78. The molecular weight excluding hydrogens is 202 g/mol. The van der Waals surface area contributed by atoms with Crippen LogP contribution in [0, 0.1) is 0 Å². The standard InChI is InChI=1S/C13H17NO2/c15-12(11-6-2-1-3-7-11)10-14-9-5-4-8-13(14)16/h1-3,6-7,12,15H,4-5,8-10H2. The maximum Gasteiger partial charge on any atom is 0.222 e. The molecule has 1 aromatic carbocycles. The molecule has 0 aliphatic carbocycles. The van der Waals surface area contributed by atoms with E-state index in [0.29, 0.717) is 13.0 Å². The normalized spacial score (nSPS) is 18.6. The van der Waals surface area contributed by atoms with Crippen LogP contribution in [0.5, 0.6) is 0 Å². The van der Waals surface area contributed by atoms with Crippen LogP contribution in [0.4, 0.5) is 0 Å². The number of hydrogen-bond acceptors (Lipinski definition) is 2. The molecule has 1 unspecified atom stereocenters. The summed E-state index contributed by atoms with van der Waals surface area (Å²) in [6, 6.07) is 9.49. The van der Waals surface area contributed by atoms with Crippen molar-refractivity contribution in [2.75, 3.05) is 13.1 Å². The Bertz CT molecular complexity index is 350. The average molecular weight is 219 g/mol. The highest BCUT2D eigenvalue weighted by atomic mass is 16.3. The minimum atomic E-state index is -0.566. The van der Waals surface area contributed by atoms with Gasteiger partial charge >= 0.3 is 0 Å². The first-order valence-corrected chi connectivity index (χ1v) is 5.78. The predicted molar refractivity (Wildman–Crippen MR) is 61.8 cm³/mol. The van der Waals surface area contributed by atoms with Gasteiger partial charge in [0.1, 0.15) is 0 Å². The number of β-amino-alcohol motifs (C(OH)–C–C–N with tert-alkyl or cyclic N) is 1. The molecule has 3 nitrogen and oxygen atoms in total. The van der Waals surface area contributed by atoms with Crippen molar-refractivity contribution in [3.63, 3.8) is 0 Å². The molecule has 1 amide bonds. The van der Waals surface area contributed by atoms with Crippen LogP contribution in [0.3, 0.4) is 0 Å². The van der Waals surface area contributed by atoms with Crippen LogP contribution in [-0.4, -0.2) is 29.0 Å². The van der Waals surface area contributed by atoms with Crippen LogP contribution < -0.4 is 0 Å². The number of carbonyl (C=O) groups excluding carboxylic acids is 1. The smallest absolute Gasteiger partial charge is 0.222 e. The first kappa shape index (κ1) is 11.1. The SMILES string of the molecule is O=C1CCCCN1CC(O)c1ccccc1. The molecule has 2 rings (SSSR count). The van der Waals surface area contributed by atoms with Gasteiger partial charge in [-0.15, -0.1) is 0 Å². The minimum absolute atomic E-state index is 0.168. The van der Waals surface area contributed by atoms with Crippen LogP contribution in [0.1, 0.15) is 30.9 Å². The Morgan fingerprint density at radius 1 is 1.25 bits per heavy atom. The van der Waals surface area contributed by atoms with Crippen molar-refractivity contribution < 1.29 is 9.90 Å². The van der Waals surface area contributed by atoms with E-state index in [9.17, 15) is 9.90 Å². The van der Waals surface area contributed by atoms with Crippen molar-refractivity contribution in [1.82, 2.24) is 4.90 Å². The van der Waals surface area contributed by atoms with Gasteiger partial charge in [0.2, 0.25) is 5.91 Å².